The molecule has 0 saturated carbocycles. The molecule has 0 aromatic rings. The molecule has 2 heterocycles. The van der Waals surface area contributed by atoms with Crippen LogP contribution in [0.5, 0.6) is 0 Å². The Labute approximate surface area is 157 Å². The van der Waals surface area contributed by atoms with Gasteiger partial charge in [-0.25, -0.2) is 0 Å². The Balaban J connectivity index is 0. The summed E-state index contributed by atoms with van der Waals surface area (Å²) in [4.78, 5) is 22.2. The van der Waals surface area contributed by atoms with Gasteiger partial charge in [-0.05, 0) is 50.6 Å². The quantitative estimate of drug-likeness (QED) is 0.706. The molecule has 6 nitrogen and oxygen atoms in total. The first-order chi connectivity index (χ1) is 10.5. The third-order valence-electron chi connectivity index (χ3n) is 4.45. The second kappa shape index (κ2) is 13.7. The Hall–Kier alpha value is -0.560. The molecule has 2 aliphatic heterocycles. The number of carbonyl (C=O) groups excluding carboxylic acids is 2. The van der Waals surface area contributed by atoms with Crippen molar-refractivity contribution < 1.29 is 19.1 Å². The highest BCUT2D eigenvalue weighted by molar-refractivity contribution is 5.85. The molecule has 8 heteroatoms. The fraction of sp³-hybridized carbons (Fsp3) is 0.875. The number of hydrogen-bond donors (Lipinski definition) is 2. The SMILES string of the molecule is COC(=O)[C@@H]1NCCC[C@@H]1C.COC(=O)[C@H]1NCCC[C@H]1C.Cl.Cl. The molecule has 2 saturated heterocycles. The van der Waals surface area contributed by atoms with Gasteiger partial charge in [0.15, 0.2) is 0 Å². The highest BCUT2D eigenvalue weighted by Gasteiger charge is 2.28. The van der Waals surface area contributed by atoms with Gasteiger partial charge in [0.2, 0.25) is 0 Å². The molecule has 2 fully saturated rings. The normalized spacial score (nSPS) is 28.8. The molecule has 2 aliphatic rings. The van der Waals surface area contributed by atoms with Gasteiger partial charge in [0.25, 0.3) is 0 Å². The summed E-state index contributed by atoms with van der Waals surface area (Å²) in [5.74, 6) is 0.571. The Morgan fingerprint density at radius 2 is 1.12 bits per heavy atom. The molecular weight excluding hydrogens is 355 g/mol. The van der Waals surface area contributed by atoms with E-state index in [4.69, 9.17) is 0 Å². The summed E-state index contributed by atoms with van der Waals surface area (Å²) in [6.07, 6.45) is 4.56. The average Bonchev–Trinajstić information content (AvgIpc) is 2.55. The first-order valence-corrected chi connectivity index (χ1v) is 8.13. The molecule has 0 aromatic carbocycles. The van der Waals surface area contributed by atoms with Crippen molar-refractivity contribution in [3.8, 4) is 0 Å². The summed E-state index contributed by atoms with van der Waals surface area (Å²) in [6, 6.07) is -0.150. The summed E-state index contributed by atoms with van der Waals surface area (Å²) in [7, 11) is 2.87. The maximum atomic E-state index is 11.1. The Kier molecular flexibility index (Phi) is 14.7. The summed E-state index contributed by atoms with van der Waals surface area (Å²) in [5, 5.41) is 6.29. The van der Waals surface area contributed by atoms with Gasteiger partial charge in [0, 0.05) is 0 Å². The monoisotopic (exact) mass is 386 g/mol. The molecule has 0 aliphatic carbocycles. The number of ether oxygens (including phenoxy) is 2. The third kappa shape index (κ3) is 8.01. The zero-order valence-electron chi connectivity index (χ0n) is 15.0. The number of halogens is 2. The molecule has 4 atom stereocenters. The van der Waals surface area contributed by atoms with E-state index in [-0.39, 0.29) is 48.8 Å². The number of rotatable bonds is 2. The van der Waals surface area contributed by atoms with Crippen LogP contribution in [0, 0.1) is 11.8 Å². The van der Waals surface area contributed by atoms with Gasteiger partial charge in [-0.3, -0.25) is 9.59 Å². The van der Waals surface area contributed by atoms with Crippen LogP contribution >= 0.6 is 24.8 Å². The average molecular weight is 387 g/mol. The van der Waals surface area contributed by atoms with E-state index in [1.54, 1.807) is 0 Å². The van der Waals surface area contributed by atoms with E-state index in [0.717, 1.165) is 38.8 Å². The molecule has 0 bridgehead atoms. The van der Waals surface area contributed by atoms with Gasteiger partial charge in [0.1, 0.15) is 12.1 Å². The van der Waals surface area contributed by atoms with Crippen LogP contribution in [0.3, 0.4) is 0 Å². The number of esters is 2. The molecule has 144 valence electrons. The maximum Gasteiger partial charge on any atom is 0.323 e. The van der Waals surface area contributed by atoms with Crippen LogP contribution in [0.4, 0.5) is 0 Å². The van der Waals surface area contributed by atoms with Crippen molar-refractivity contribution in [2.24, 2.45) is 11.8 Å². The first-order valence-electron chi connectivity index (χ1n) is 8.13. The van der Waals surface area contributed by atoms with Gasteiger partial charge in [0.05, 0.1) is 14.2 Å². The minimum atomic E-state index is -0.128. The molecule has 0 unspecified atom stereocenters. The van der Waals surface area contributed by atoms with Crippen molar-refractivity contribution in [2.45, 2.75) is 51.6 Å². The molecule has 2 N–H and O–H groups in total. The zero-order chi connectivity index (χ0) is 16.5. The lowest BCUT2D eigenvalue weighted by Gasteiger charge is -2.27. The number of nitrogens with one attached hydrogen (secondary N) is 2. The van der Waals surface area contributed by atoms with Crippen molar-refractivity contribution >= 4 is 36.8 Å². The topological polar surface area (TPSA) is 76.7 Å². The predicted molar refractivity (Wildman–Crippen MR) is 98.9 cm³/mol. The molecule has 0 radical (unpaired) electrons. The predicted octanol–water partition coefficient (Wildman–Crippen LogP) is 1.94. The van der Waals surface area contributed by atoms with E-state index in [9.17, 15) is 9.59 Å². The van der Waals surface area contributed by atoms with Crippen LogP contribution < -0.4 is 10.6 Å². The van der Waals surface area contributed by atoms with E-state index in [1.165, 1.54) is 14.2 Å². The lowest BCUT2D eigenvalue weighted by Crippen LogP contribution is -2.46. The number of piperidine rings is 2. The molecule has 0 aromatic heterocycles. The summed E-state index contributed by atoms with van der Waals surface area (Å²) < 4.78 is 9.32. The van der Waals surface area contributed by atoms with E-state index < -0.39 is 0 Å². The molecule has 2 rings (SSSR count). The number of methoxy groups -OCH3 is 2. The molecule has 24 heavy (non-hydrogen) atoms. The van der Waals surface area contributed by atoms with E-state index in [0.29, 0.717) is 11.8 Å². The summed E-state index contributed by atoms with van der Waals surface area (Å²) >= 11 is 0. The van der Waals surface area contributed by atoms with Crippen LogP contribution in [-0.4, -0.2) is 51.3 Å². The van der Waals surface area contributed by atoms with Gasteiger partial charge >= 0.3 is 11.9 Å². The van der Waals surface area contributed by atoms with Crippen LogP contribution in [0.25, 0.3) is 0 Å². The van der Waals surface area contributed by atoms with Crippen molar-refractivity contribution in [3.05, 3.63) is 0 Å². The van der Waals surface area contributed by atoms with Crippen LogP contribution in [0.1, 0.15) is 39.5 Å². The lowest BCUT2D eigenvalue weighted by atomic mass is 9.93. The Bertz CT molecular complexity index is 338. The first kappa shape index (κ1) is 25.7. The summed E-state index contributed by atoms with van der Waals surface area (Å²) in [5.41, 5.74) is 0. The van der Waals surface area contributed by atoms with E-state index in [2.05, 4.69) is 34.0 Å². The Morgan fingerprint density at radius 1 is 0.792 bits per heavy atom. The van der Waals surface area contributed by atoms with Crippen molar-refractivity contribution in [1.29, 1.82) is 0 Å². The van der Waals surface area contributed by atoms with E-state index >= 15 is 0 Å². The standard InChI is InChI=1S/2C8H15NO2.2ClH/c2*1-6-4-3-5-9-7(6)8(10)11-2;;/h2*6-7,9H,3-5H2,1-2H3;2*1H/t2*6-,7+;;/m10../s1. The van der Waals surface area contributed by atoms with E-state index in [1.807, 2.05) is 0 Å². The van der Waals surface area contributed by atoms with Crippen LogP contribution in [-0.2, 0) is 19.1 Å². The van der Waals surface area contributed by atoms with Crippen LogP contribution in [0.2, 0.25) is 0 Å². The maximum absolute atomic E-state index is 11.1. The zero-order valence-corrected chi connectivity index (χ0v) is 16.6. The smallest absolute Gasteiger partial charge is 0.323 e. The highest BCUT2D eigenvalue weighted by Crippen LogP contribution is 2.16. The van der Waals surface area contributed by atoms with Gasteiger partial charge < -0.3 is 20.1 Å². The molecule has 0 amide bonds. The summed E-state index contributed by atoms with van der Waals surface area (Å²) in [6.45, 7) is 6.02. The van der Waals surface area contributed by atoms with Gasteiger partial charge in [-0.15, -0.1) is 24.8 Å². The second-order valence-corrected chi connectivity index (χ2v) is 6.15. The van der Waals surface area contributed by atoms with Crippen molar-refractivity contribution in [2.75, 3.05) is 27.3 Å². The highest BCUT2D eigenvalue weighted by atomic mass is 35.5. The fourth-order valence-corrected chi connectivity index (χ4v) is 2.98. The van der Waals surface area contributed by atoms with Gasteiger partial charge in [-0.1, -0.05) is 13.8 Å². The molecule has 0 spiro atoms. The largest absolute Gasteiger partial charge is 0.468 e. The lowest BCUT2D eigenvalue weighted by molar-refractivity contribution is -0.145. The van der Waals surface area contributed by atoms with Crippen molar-refractivity contribution in [1.82, 2.24) is 10.6 Å². The van der Waals surface area contributed by atoms with Gasteiger partial charge in [-0.2, -0.15) is 0 Å². The second-order valence-electron chi connectivity index (χ2n) is 6.15. The Morgan fingerprint density at radius 3 is 1.38 bits per heavy atom. The molecular formula is C16H32Cl2N2O4. The number of carbonyl (C=O) groups is 2. The number of hydrogen-bond acceptors (Lipinski definition) is 6. The van der Waals surface area contributed by atoms with Crippen LogP contribution in [0.15, 0.2) is 0 Å². The minimum Gasteiger partial charge on any atom is -0.468 e. The minimum absolute atomic E-state index is 0. The third-order valence-corrected chi connectivity index (χ3v) is 4.45. The fourth-order valence-electron chi connectivity index (χ4n) is 2.98. The van der Waals surface area contributed by atoms with Crippen molar-refractivity contribution in [3.63, 3.8) is 0 Å².